The average molecular weight is 140 g/mol. The van der Waals surface area contributed by atoms with Crippen LogP contribution in [0.2, 0.25) is 6.32 Å². The molecule has 4 heteroatoms. The Morgan fingerprint density at radius 2 is 1.62 bits per heavy atom. The maximum absolute atomic E-state index is 5.38. The monoisotopic (exact) mass is 140 g/mol. The van der Waals surface area contributed by atoms with Gasteiger partial charge in [-0.1, -0.05) is 12.7 Å². The van der Waals surface area contributed by atoms with Crippen molar-refractivity contribution in [3.05, 3.63) is 0 Å². The van der Waals surface area contributed by atoms with Gasteiger partial charge in [-0.05, 0) is 6.42 Å². The fourth-order valence-corrected chi connectivity index (χ4v) is 0.533. The Kier molecular flexibility index (Phi) is 30.8. The van der Waals surface area contributed by atoms with E-state index in [1.54, 1.807) is 0 Å². The predicted octanol–water partition coefficient (Wildman–Crippen LogP) is -0.593. The normalized spacial score (nSPS) is 6.62. The van der Waals surface area contributed by atoms with E-state index in [2.05, 4.69) is 7.85 Å². The van der Waals surface area contributed by atoms with Crippen LogP contribution in [-0.4, -0.2) is 24.7 Å². The largest absolute Gasteiger partial charge is 0.412 e. The fraction of sp³-hybridized carbons (Fsp3) is 1.00. The van der Waals surface area contributed by atoms with E-state index in [-0.39, 0.29) is 11.0 Å². The molecule has 0 amide bonds. The van der Waals surface area contributed by atoms with Crippen LogP contribution in [0.5, 0.6) is 0 Å². The van der Waals surface area contributed by atoms with Gasteiger partial charge in [-0.2, -0.15) is 0 Å². The minimum Gasteiger partial charge on any atom is -0.412 e. The van der Waals surface area contributed by atoms with Crippen molar-refractivity contribution >= 4 is 19.4 Å². The van der Waals surface area contributed by atoms with Gasteiger partial charge in [-0.15, -0.1) is 11.6 Å². The summed E-state index contributed by atoms with van der Waals surface area (Å²) in [5.74, 6) is 0.827. The van der Waals surface area contributed by atoms with Crippen molar-refractivity contribution in [2.45, 2.75) is 19.2 Å². The quantitative estimate of drug-likeness (QED) is 0.286. The van der Waals surface area contributed by atoms with E-state index in [1.165, 1.54) is 19.2 Å². The Balaban J connectivity index is -0.000000125. The van der Waals surface area contributed by atoms with Crippen LogP contribution in [0.1, 0.15) is 12.8 Å². The summed E-state index contributed by atoms with van der Waals surface area (Å²) in [4.78, 5) is 0. The molecule has 0 atom stereocenters. The standard InChI is InChI=1S/C4H10BCl.2H2O/c5-3-1-2-4-6;;/h1-5H2;2*1H2. The van der Waals surface area contributed by atoms with Crippen LogP contribution in [0.4, 0.5) is 0 Å². The molecule has 0 saturated heterocycles. The fourth-order valence-electron chi connectivity index (χ4n) is 0.344. The number of unbranched alkanes of at least 4 members (excludes halogenated alkanes) is 1. The van der Waals surface area contributed by atoms with Crippen LogP contribution in [0.15, 0.2) is 0 Å². The second-order valence-electron chi connectivity index (χ2n) is 1.40. The highest BCUT2D eigenvalue weighted by atomic mass is 35.5. The first-order chi connectivity index (χ1) is 2.91. The molecule has 0 fully saturated rings. The van der Waals surface area contributed by atoms with Crippen LogP contribution >= 0.6 is 11.6 Å². The maximum Gasteiger partial charge on any atom is 0.101 e. The molecule has 0 aromatic heterocycles. The second kappa shape index (κ2) is 15.7. The molecular weight excluding hydrogens is 126 g/mol. The van der Waals surface area contributed by atoms with Gasteiger partial charge in [0.2, 0.25) is 0 Å². The Hall–Kier alpha value is 0.275. The van der Waals surface area contributed by atoms with Gasteiger partial charge in [0, 0.05) is 5.88 Å². The smallest absolute Gasteiger partial charge is 0.101 e. The summed E-state index contributed by atoms with van der Waals surface area (Å²) < 4.78 is 0. The molecule has 0 unspecified atom stereocenters. The highest BCUT2D eigenvalue weighted by Gasteiger charge is 1.77. The molecule has 52 valence electrons. The van der Waals surface area contributed by atoms with E-state index in [9.17, 15) is 0 Å². The number of rotatable bonds is 3. The van der Waals surface area contributed by atoms with Crippen LogP contribution in [0.3, 0.4) is 0 Å². The molecule has 0 aliphatic rings. The van der Waals surface area contributed by atoms with E-state index < -0.39 is 0 Å². The van der Waals surface area contributed by atoms with E-state index in [0.717, 1.165) is 5.88 Å². The van der Waals surface area contributed by atoms with E-state index >= 15 is 0 Å². The molecule has 0 heterocycles. The van der Waals surface area contributed by atoms with Gasteiger partial charge in [-0.25, -0.2) is 0 Å². The molecule has 0 bridgehead atoms. The Morgan fingerprint density at radius 1 is 1.12 bits per heavy atom. The summed E-state index contributed by atoms with van der Waals surface area (Å²) in [5, 5.41) is 0. The third-order valence-corrected chi connectivity index (χ3v) is 1.00. The first-order valence-electron chi connectivity index (χ1n) is 2.47. The third kappa shape index (κ3) is 16.3. The molecule has 0 spiro atoms. The average Bonchev–Trinajstić information content (AvgIpc) is 1.61. The van der Waals surface area contributed by atoms with Gasteiger partial charge in [0.1, 0.15) is 7.85 Å². The molecule has 8 heavy (non-hydrogen) atoms. The molecule has 0 aromatic rings. The minimum absolute atomic E-state index is 0. The Labute approximate surface area is 56.3 Å². The van der Waals surface area contributed by atoms with E-state index in [1.807, 2.05) is 0 Å². The Bertz CT molecular complexity index is 26.0. The van der Waals surface area contributed by atoms with Gasteiger partial charge >= 0.3 is 0 Å². The van der Waals surface area contributed by atoms with Crippen molar-refractivity contribution in [2.24, 2.45) is 0 Å². The molecule has 4 N–H and O–H groups in total. The number of hydrogen-bond acceptors (Lipinski definition) is 0. The van der Waals surface area contributed by atoms with Gasteiger partial charge < -0.3 is 11.0 Å². The maximum atomic E-state index is 5.38. The molecule has 2 nitrogen and oxygen atoms in total. The number of halogens is 1. The van der Waals surface area contributed by atoms with Crippen molar-refractivity contribution in [3.8, 4) is 0 Å². The lowest BCUT2D eigenvalue weighted by atomic mass is 10.0. The lowest BCUT2D eigenvalue weighted by Crippen LogP contribution is -1.72. The van der Waals surface area contributed by atoms with Gasteiger partial charge in [0.25, 0.3) is 0 Å². The highest BCUT2D eigenvalue weighted by molar-refractivity contribution is 6.17. The summed E-state index contributed by atoms with van der Waals surface area (Å²) >= 11 is 5.38. The summed E-state index contributed by atoms with van der Waals surface area (Å²) in [5.41, 5.74) is 0. The summed E-state index contributed by atoms with van der Waals surface area (Å²) in [6, 6.07) is 0. The van der Waals surface area contributed by atoms with E-state index in [0.29, 0.717) is 0 Å². The van der Waals surface area contributed by atoms with Crippen LogP contribution in [-0.2, 0) is 0 Å². The lowest BCUT2D eigenvalue weighted by molar-refractivity contribution is 0.823. The van der Waals surface area contributed by atoms with Crippen molar-refractivity contribution < 1.29 is 11.0 Å². The van der Waals surface area contributed by atoms with Crippen LogP contribution < -0.4 is 0 Å². The summed E-state index contributed by atoms with van der Waals surface area (Å²) in [6.45, 7) is 0. The summed E-state index contributed by atoms with van der Waals surface area (Å²) in [6.07, 6.45) is 3.73. The van der Waals surface area contributed by atoms with E-state index in [4.69, 9.17) is 11.6 Å². The number of hydrogen-bond donors (Lipinski definition) is 0. The molecule has 0 saturated carbocycles. The minimum atomic E-state index is 0. The topological polar surface area (TPSA) is 63.0 Å². The van der Waals surface area contributed by atoms with Crippen molar-refractivity contribution in [2.75, 3.05) is 5.88 Å². The predicted molar refractivity (Wildman–Crippen MR) is 40.5 cm³/mol. The zero-order valence-electron chi connectivity index (χ0n) is 5.21. The van der Waals surface area contributed by atoms with Gasteiger partial charge in [0.05, 0.1) is 0 Å². The Morgan fingerprint density at radius 3 is 1.75 bits per heavy atom. The molecule has 0 radical (unpaired) electrons. The first kappa shape index (κ1) is 15.7. The summed E-state index contributed by atoms with van der Waals surface area (Å²) in [7, 11) is 2.17. The lowest BCUT2D eigenvalue weighted by Gasteiger charge is -1.84. The van der Waals surface area contributed by atoms with Crippen molar-refractivity contribution in [3.63, 3.8) is 0 Å². The molecule has 0 aromatic carbocycles. The zero-order valence-corrected chi connectivity index (χ0v) is 5.96. The van der Waals surface area contributed by atoms with Crippen molar-refractivity contribution in [1.29, 1.82) is 0 Å². The SMILES string of the molecule is BCCCCCl.O.O. The first-order valence-corrected chi connectivity index (χ1v) is 3.01. The molecular formula is C4H14BClO2. The van der Waals surface area contributed by atoms with Crippen LogP contribution in [0.25, 0.3) is 0 Å². The van der Waals surface area contributed by atoms with Crippen molar-refractivity contribution in [1.82, 2.24) is 0 Å². The molecule has 0 aliphatic heterocycles. The molecule has 0 rings (SSSR count). The second-order valence-corrected chi connectivity index (χ2v) is 1.77. The third-order valence-electron chi connectivity index (χ3n) is 0.737. The highest BCUT2D eigenvalue weighted by Crippen LogP contribution is 1.92. The zero-order chi connectivity index (χ0) is 4.83. The molecule has 0 aliphatic carbocycles. The van der Waals surface area contributed by atoms with Gasteiger partial charge in [-0.3, -0.25) is 0 Å². The van der Waals surface area contributed by atoms with Gasteiger partial charge in [0.15, 0.2) is 0 Å². The van der Waals surface area contributed by atoms with Crippen LogP contribution in [0, 0.1) is 0 Å². The number of alkyl halides is 1.